The van der Waals surface area contributed by atoms with E-state index < -0.39 is 23.0 Å². The largest absolute Gasteiger partial charge is 0.289 e. The van der Waals surface area contributed by atoms with E-state index in [1.165, 1.54) is 0 Å². The van der Waals surface area contributed by atoms with E-state index in [0.717, 1.165) is 6.07 Å². The molecular formula is C9H3F3O. The van der Waals surface area contributed by atoms with Crippen LogP contribution in [-0.4, -0.2) is 6.29 Å². The summed E-state index contributed by atoms with van der Waals surface area (Å²) in [6, 6.07) is 1.12. The maximum atomic E-state index is 12.7. The van der Waals surface area contributed by atoms with Crippen molar-refractivity contribution in [2.24, 2.45) is 0 Å². The Morgan fingerprint density at radius 3 is 2.54 bits per heavy atom. The van der Waals surface area contributed by atoms with Crippen LogP contribution < -0.4 is 0 Å². The Morgan fingerprint density at radius 1 is 1.23 bits per heavy atom. The summed E-state index contributed by atoms with van der Waals surface area (Å²) in [7, 11) is 0. The van der Waals surface area contributed by atoms with E-state index in [2.05, 4.69) is 0 Å². The average Bonchev–Trinajstić information content (AvgIpc) is 2.09. The van der Waals surface area contributed by atoms with Crippen LogP contribution in [0.25, 0.3) is 0 Å². The third-order valence-corrected chi connectivity index (χ3v) is 1.26. The monoisotopic (exact) mass is 184 g/mol. The summed E-state index contributed by atoms with van der Waals surface area (Å²) in [4.78, 5) is 9.78. The molecule has 13 heavy (non-hydrogen) atoms. The van der Waals surface area contributed by atoms with Crippen molar-refractivity contribution >= 4 is 6.29 Å². The second-order valence-corrected chi connectivity index (χ2v) is 2.14. The fourth-order valence-electron chi connectivity index (χ4n) is 0.754. The first kappa shape index (κ1) is 9.33. The Balaban J connectivity index is 3.28. The molecule has 0 bridgehead atoms. The van der Waals surface area contributed by atoms with Crippen LogP contribution in [-0.2, 0) is 4.79 Å². The molecule has 0 aliphatic carbocycles. The van der Waals surface area contributed by atoms with Gasteiger partial charge < -0.3 is 0 Å². The minimum atomic E-state index is -1.32. The van der Waals surface area contributed by atoms with Crippen LogP contribution in [0.2, 0.25) is 0 Å². The van der Waals surface area contributed by atoms with Gasteiger partial charge in [-0.05, 0) is 12.0 Å². The van der Waals surface area contributed by atoms with E-state index in [0.29, 0.717) is 6.07 Å². The van der Waals surface area contributed by atoms with Gasteiger partial charge in [-0.25, -0.2) is 13.2 Å². The number of aldehydes is 1. The Kier molecular flexibility index (Phi) is 2.70. The number of benzene rings is 1. The first-order valence-corrected chi connectivity index (χ1v) is 3.25. The second-order valence-electron chi connectivity index (χ2n) is 2.14. The van der Waals surface area contributed by atoms with Gasteiger partial charge in [0.1, 0.15) is 5.82 Å². The molecule has 66 valence electrons. The molecule has 0 radical (unpaired) electrons. The predicted octanol–water partition coefficient (Wildman–Crippen LogP) is 1.65. The van der Waals surface area contributed by atoms with Crippen LogP contribution in [0.4, 0.5) is 13.2 Å². The van der Waals surface area contributed by atoms with Crippen LogP contribution in [0.5, 0.6) is 0 Å². The van der Waals surface area contributed by atoms with Gasteiger partial charge in [0.15, 0.2) is 17.9 Å². The molecule has 0 amide bonds. The quantitative estimate of drug-likeness (QED) is 0.340. The molecule has 1 rings (SSSR count). The summed E-state index contributed by atoms with van der Waals surface area (Å²) in [5, 5.41) is 0. The number of carbonyl (C=O) groups excluding carboxylic acids is 1. The van der Waals surface area contributed by atoms with E-state index in [4.69, 9.17) is 0 Å². The lowest BCUT2D eigenvalue weighted by Crippen LogP contribution is -1.91. The lowest BCUT2D eigenvalue weighted by Gasteiger charge is -1.95. The van der Waals surface area contributed by atoms with Crippen LogP contribution in [0.3, 0.4) is 0 Å². The van der Waals surface area contributed by atoms with Crippen LogP contribution >= 0.6 is 0 Å². The topological polar surface area (TPSA) is 17.1 Å². The normalized spacial score (nSPS) is 8.85. The van der Waals surface area contributed by atoms with Crippen molar-refractivity contribution in [3.8, 4) is 11.8 Å². The van der Waals surface area contributed by atoms with Gasteiger partial charge >= 0.3 is 0 Å². The fourth-order valence-corrected chi connectivity index (χ4v) is 0.754. The molecule has 4 heteroatoms. The predicted molar refractivity (Wildman–Crippen MR) is 39.3 cm³/mol. The van der Waals surface area contributed by atoms with E-state index in [9.17, 15) is 18.0 Å². The number of halogens is 3. The number of rotatable bonds is 0. The number of hydrogen-bond acceptors (Lipinski definition) is 1. The highest BCUT2D eigenvalue weighted by Crippen LogP contribution is 2.12. The van der Waals surface area contributed by atoms with Crippen LogP contribution in [0, 0.1) is 29.3 Å². The molecule has 0 saturated carbocycles. The number of carbonyl (C=O) groups is 1. The molecule has 0 saturated heterocycles. The maximum absolute atomic E-state index is 12.7. The van der Waals surface area contributed by atoms with Crippen molar-refractivity contribution in [3.63, 3.8) is 0 Å². The maximum Gasteiger partial charge on any atom is 0.193 e. The van der Waals surface area contributed by atoms with Crippen molar-refractivity contribution < 1.29 is 18.0 Å². The molecule has 0 fully saturated rings. The van der Waals surface area contributed by atoms with E-state index in [-0.39, 0.29) is 6.29 Å². The molecule has 0 aromatic heterocycles. The summed E-state index contributed by atoms with van der Waals surface area (Å²) in [6.45, 7) is 0. The minimum absolute atomic E-state index is 0.211. The van der Waals surface area contributed by atoms with Crippen molar-refractivity contribution in [2.45, 2.75) is 0 Å². The van der Waals surface area contributed by atoms with E-state index in [1.54, 1.807) is 0 Å². The van der Waals surface area contributed by atoms with Crippen LogP contribution in [0.15, 0.2) is 12.1 Å². The zero-order chi connectivity index (χ0) is 9.84. The molecule has 1 aromatic carbocycles. The molecule has 1 nitrogen and oxygen atoms in total. The first-order chi connectivity index (χ1) is 6.15. The molecule has 0 N–H and O–H groups in total. The van der Waals surface area contributed by atoms with Crippen molar-refractivity contribution in [1.82, 2.24) is 0 Å². The second kappa shape index (κ2) is 3.76. The van der Waals surface area contributed by atoms with Crippen molar-refractivity contribution in [3.05, 3.63) is 35.1 Å². The molecule has 1 aromatic rings. The standard InChI is InChI=1S/C9H3F3O/c10-7-4-6(2-1-3-13)9(12)8(11)5-7/h3-5H. The van der Waals surface area contributed by atoms with Crippen LogP contribution in [0.1, 0.15) is 5.56 Å². The summed E-state index contributed by atoms with van der Waals surface area (Å²) < 4.78 is 37.7. The number of hydrogen-bond donors (Lipinski definition) is 0. The molecular weight excluding hydrogens is 181 g/mol. The van der Waals surface area contributed by atoms with Gasteiger partial charge in [0.05, 0.1) is 5.56 Å². The zero-order valence-corrected chi connectivity index (χ0v) is 6.27. The van der Waals surface area contributed by atoms with Gasteiger partial charge in [0.2, 0.25) is 0 Å². The Hall–Kier alpha value is -1.76. The molecule has 0 heterocycles. The molecule has 0 unspecified atom stereocenters. The lowest BCUT2D eigenvalue weighted by atomic mass is 10.2. The van der Waals surface area contributed by atoms with Gasteiger partial charge in [-0.2, -0.15) is 0 Å². The third kappa shape index (κ3) is 2.09. The SMILES string of the molecule is O=CC#Cc1cc(F)cc(F)c1F. The summed E-state index contributed by atoms with van der Waals surface area (Å²) in [5.41, 5.74) is -0.468. The molecule has 0 atom stereocenters. The van der Waals surface area contributed by atoms with Gasteiger partial charge in [-0.15, -0.1) is 0 Å². The highest BCUT2D eigenvalue weighted by Gasteiger charge is 2.08. The van der Waals surface area contributed by atoms with Gasteiger partial charge in [0.25, 0.3) is 0 Å². The summed E-state index contributed by atoms with van der Waals surface area (Å²) in [5.74, 6) is 0.313. The average molecular weight is 184 g/mol. The molecule has 0 aliphatic heterocycles. The first-order valence-electron chi connectivity index (χ1n) is 3.25. The Labute approximate surface area is 72.2 Å². The Morgan fingerprint density at radius 2 is 1.92 bits per heavy atom. The van der Waals surface area contributed by atoms with E-state index >= 15 is 0 Å². The summed E-state index contributed by atoms with van der Waals surface area (Å²) >= 11 is 0. The van der Waals surface area contributed by atoms with Gasteiger partial charge in [-0.1, -0.05) is 5.92 Å². The molecule has 0 aliphatic rings. The van der Waals surface area contributed by atoms with Crippen molar-refractivity contribution in [1.29, 1.82) is 0 Å². The fraction of sp³-hybridized carbons (Fsp3) is 0. The highest BCUT2D eigenvalue weighted by molar-refractivity contribution is 5.73. The van der Waals surface area contributed by atoms with Gasteiger partial charge in [-0.3, -0.25) is 4.79 Å². The van der Waals surface area contributed by atoms with E-state index in [1.807, 2.05) is 11.8 Å². The zero-order valence-electron chi connectivity index (χ0n) is 6.27. The smallest absolute Gasteiger partial charge is 0.193 e. The highest BCUT2D eigenvalue weighted by atomic mass is 19.2. The third-order valence-electron chi connectivity index (χ3n) is 1.26. The summed E-state index contributed by atoms with van der Waals surface area (Å²) in [6.07, 6.45) is 0.211. The molecule has 0 spiro atoms. The van der Waals surface area contributed by atoms with Crippen molar-refractivity contribution in [2.75, 3.05) is 0 Å². The van der Waals surface area contributed by atoms with Gasteiger partial charge in [0, 0.05) is 6.07 Å². The Bertz CT molecular complexity index is 401. The lowest BCUT2D eigenvalue weighted by molar-refractivity contribution is -0.103. The minimum Gasteiger partial charge on any atom is -0.289 e.